The minimum Gasteiger partial charge on any atom is -0.354 e. The second-order valence-corrected chi connectivity index (χ2v) is 10.8. The van der Waals surface area contributed by atoms with Crippen molar-refractivity contribution in [1.29, 1.82) is 0 Å². The Morgan fingerprint density at radius 3 is 2.30 bits per heavy atom. The highest BCUT2D eigenvalue weighted by Gasteiger charge is 2.26. The normalized spacial score (nSPS) is 12.4. The molecular weight excluding hydrogens is 506 g/mol. The molecular formula is C24H32BrN3O4S. The van der Waals surface area contributed by atoms with Gasteiger partial charge >= 0.3 is 0 Å². The van der Waals surface area contributed by atoms with Crippen molar-refractivity contribution in [1.82, 2.24) is 14.5 Å². The molecule has 2 amide bonds. The van der Waals surface area contributed by atoms with Crippen molar-refractivity contribution in [3.05, 3.63) is 64.6 Å². The molecule has 0 aliphatic rings. The lowest BCUT2D eigenvalue weighted by atomic mass is 10.1. The molecule has 2 aromatic rings. The van der Waals surface area contributed by atoms with E-state index in [-0.39, 0.29) is 29.7 Å². The van der Waals surface area contributed by atoms with Crippen LogP contribution in [0.25, 0.3) is 0 Å². The maximum absolute atomic E-state index is 13.1. The Kier molecular flexibility index (Phi) is 10.5. The van der Waals surface area contributed by atoms with Crippen molar-refractivity contribution >= 4 is 37.8 Å². The zero-order valence-corrected chi connectivity index (χ0v) is 21.7. The molecule has 33 heavy (non-hydrogen) atoms. The molecule has 0 saturated carbocycles. The molecule has 0 radical (unpaired) electrons. The van der Waals surface area contributed by atoms with Gasteiger partial charge in [0.05, 0.1) is 4.90 Å². The van der Waals surface area contributed by atoms with E-state index in [1.165, 1.54) is 11.4 Å². The van der Waals surface area contributed by atoms with E-state index >= 15 is 0 Å². The second kappa shape index (κ2) is 12.9. The van der Waals surface area contributed by atoms with E-state index in [1.54, 1.807) is 42.2 Å². The van der Waals surface area contributed by atoms with Crippen molar-refractivity contribution in [3.8, 4) is 0 Å². The summed E-state index contributed by atoms with van der Waals surface area (Å²) in [5.41, 5.74) is 0.908. The number of nitrogens with one attached hydrogen (secondary N) is 1. The van der Waals surface area contributed by atoms with E-state index in [2.05, 4.69) is 21.2 Å². The van der Waals surface area contributed by atoms with Crippen molar-refractivity contribution in [2.45, 2.75) is 50.6 Å². The zero-order valence-electron chi connectivity index (χ0n) is 19.3. The molecule has 2 rings (SSSR count). The van der Waals surface area contributed by atoms with Crippen LogP contribution in [0.3, 0.4) is 0 Å². The average Bonchev–Trinajstić information content (AvgIpc) is 2.82. The summed E-state index contributed by atoms with van der Waals surface area (Å²) >= 11 is 3.40. The minimum absolute atomic E-state index is 0.135. The number of benzene rings is 2. The summed E-state index contributed by atoms with van der Waals surface area (Å²) in [6.07, 6.45) is 1.29. The van der Waals surface area contributed by atoms with Gasteiger partial charge in [0, 0.05) is 37.6 Å². The van der Waals surface area contributed by atoms with E-state index in [1.807, 2.05) is 31.2 Å². The largest absolute Gasteiger partial charge is 0.354 e. The monoisotopic (exact) mass is 537 g/mol. The zero-order chi connectivity index (χ0) is 24.4. The van der Waals surface area contributed by atoms with Gasteiger partial charge in [-0.3, -0.25) is 9.59 Å². The first-order chi connectivity index (χ1) is 15.7. The van der Waals surface area contributed by atoms with Crippen molar-refractivity contribution < 1.29 is 18.0 Å². The first-order valence-corrected chi connectivity index (χ1v) is 13.2. The first-order valence-electron chi connectivity index (χ1n) is 11.0. The summed E-state index contributed by atoms with van der Waals surface area (Å²) in [5.74, 6) is -0.395. The second-order valence-electron chi connectivity index (χ2n) is 7.86. The number of carbonyl (C=O) groups excluding carboxylic acids is 2. The van der Waals surface area contributed by atoms with Gasteiger partial charge in [0.15, 0.2) is 0 Å². The van der Waals surface area contributed by atoms with Gasteiger partial charge in [-0.1, -0.05) is 53.2 Å². The van der Waals surface area contributed by atoms with Gasteiger partial charge in [0.25, 0.3) is 0 Å². The predicted molar refractivity (Wildman–Crippen MR) is 133 cm³/mol. The Morgan fingerprint density at radius 1 is 1.06 bits per heavy atom. The third-order valence-corrected chi connectivity index (χ3v) is 7.70. The fraction of sp³-hybridized carbons (Fsp3) is 0.417. The van der Waals surface area contributed by atoms with Gasteiger partial charge in [-0.05, 0) is 49.6 Å². The van der Waals surface area contributed by atoms with Crippen LogP contribution in [-0.4, -0.2) is 55.6 Å². The van der Waals surface area contributed by atoms with E-state index in [0.29, 0.717) is 19.5 Å². The molecule has 0 spiro atoms. The Bertz CT molecular complexity index is 1010. The highest BCUT2D eigenvalue weighted by molar-refractivity contribution is 9.10. The number of sulfonamides is 1. The predicted octanol–water partition coefficient (Wildman–Crippen LogP) is 3.79. The van der Waals surface area contributed by atoms with E-state index in [9.17, 15) is 18.0 Å². The van der Waals surface area contributed by atoms with E-state index < -0.39 is 16.1 Å². The highest BCUT2D eigenvalue weighted by Crippen LogP contribution is 2.17. The molecule has 0 unspecified atom stereocenters. The summed E-state index contributed by atoms with van der Waals surface area (Å²) in [6.45, 7) is 4.73. The van der Waals surface area contributed by atoms with Gasteiger partial charge in [-0.2, -0.15) is 0 Å². The summed E-state index contributed by atoms with van der Waals surface area (Å²) < 4.78 is 27.6. The molecule has 0 aliphatic carbocycles. The standard InChI is InChI=1S/C24H32BrN3O4S/c1-4-16-26-24(30)19(2)28(18-20-12-14-21(25)15-13-20)23(29)11-8-17-27(3)33(31,32)22-9-6-5-7-10-22/h5-7,9-10,12-15,19H,4,8,11,16-18H2,1-3H3,(H,26,30)/t19-/m1/s1. The van der Waals surface area contributed by atoms with Crippen LogP contribution in [0.5, 0.6) is 0 Å². The number of carbonyl (C=O) groups is 2. The molecule has 1 N–H and O–H groups in total. The fourth-order valence-corrected chi connectivity index (χ4v) is 4.75. The van der Waals surface area contributed by atoms with Crippen LogP contribution in [0.4, 0.5) is 0 Å². The summed E-state index contributed by atoms with van der Waals surface area (Å²) in [5, 5.41) is 2.85. The lowest BCUT2D eigenvalue weighted by Gasteiger charge is -2.29. The van der Waals surface area contributed by atoms with Crippen LogP contribution in [0.1, 0.15) is 38.7 Å². The number of hydrogen-bond acceptors (Lipinski definition) is 4. The number of nitrogens with zero attached hydrogens (tertiary/aromatic N) is 2. The van der Waals surface area contributed by atoms with E-state index in [0.717, 1.165) is 16.5 Å². The number of rotatable bonds is 12. The van der Waals surface area contributed by atoms with Crippen molar-refractivity contribution in [2.75, 3.05) is 20.1 Å². The van der Waals surface area contributed by atoms with Gasteiger partial charge in [0.2, 0.25) is 21.8 Å². The van der Waals surface area contributed by atoms with Gasteiger partial charge in [0.1, 0.15) is 6.04 Å². The SMILES string of the molecule is CCCNC(=O)[C@@H](C)N(Cc1ccc(Br)cc1)C(=O)CCCN(C)S(=O)(=O)c1ccccc1. The third-order valence-electron chi connectivity index (χ3n) is 5.30. The van der Waals surface area contributed by atoms with Crippen molar-refractivity contribution in [3.63, 3.8) is 0 Å². The molecule has 0 aliphatic heterocycles. The number of hydrogen-bond donors (Lipinski definition) is 1. The van der Waals surface area contributed by atoms with E-state index in [4.69, 9.17) is 0 Å². The molecule has 0 aromatic heterocycles. The molecule has 180 valence electrons. The Labute approximate surface area is 205 Å². The lowest BCUT2D eigenvalue weighted by Crippen LogP contribution is -2.47. The first kappa shape index (κ1) is 27.0. The average molecular weight is 539 g/mol. The summed E-state index contributed by atoms with van der Waals surface area (Å²) in [6, 6.07) is 15.2. The molecule has 7 nitrogen and oxygen atoms in total. The fourth-order valence-electron chi connectivity index (χ4n) is 3.25. The van der Waals surface area contributed by atoms with Gasteiger partial charge < -0.3 is 10.2 Å². The third kappa shape index (κ3) is 7.94. The number of amides is 2. The minimum atomic E-state index is -3.61. The quantitative estimate of drug-likeness (QED) is 0.446. The molecule has 0 heterocycles. The highest BCUT2D eigenvalue weighted by atomic mass is 79.9. The lowest BCUT2D eigenvalue weighted by molar-refractivity contribution is -0.140. The van der Waals surface area contributed by atoms with Crippen LogP contribution in [-0.2, 0) is 26.2 Å². The summed E-state index contributed by atoms with van der Waals surface area (Å²) in [4.78, 5) is 27.4. The molecule has 1 atom stereocenters. The van der Waals surface area contributed by atoms with Crippen molar-refractivity contribution in [2.24, 2.45) is 0 Å². The maximum atomic E-state index is 13.1. The Hall–Kier alpha value is -2.23. The molecule has 0 saturated heterocycles. The van der Waals surface area contributed by atoms with Crippen LogP contribution >= 0.6 is 15.9 Å². The molecule has 0 fully saturated rings. The topological polar surface area (TPSA) is 86.8 Å². The van der Waals surface area contributed by atoms with Crippen LogP contribution in [0, 0.1) is 0 Å². The summed E-state index contributed by atoms with van der Waals surface area (Å²) in [7, 11) is -2.10. The van der Waals surface area contributed by atoms with Crippen LogP contribution < -0.4 is 5.32 Å². The Balaban J connectivity index is 2.05. The number of halogens is 1. The van der Waals surface area contributed by atoms with Gasteiger partial charge in [-0.15, -0.1) is 0 Å². The molecule has 0 bridgehead atoms. The Morgan fingerprint density at radius 2 is 1.70 bits per heavy atom. The maximum Gasteiger partial charge on any atom is 0.242 e. The molecule has 2 aromatic carbocycles. The van der Waals surface area contributed by atoms with Crippen LogP contribution in [0.15, 0.2) is 64.0 Å². The van der Waals surface area contributed by atoms with Gasteiger partial charge in [-0.25, -0.2) is 12.7 Å². The molecule has 9 heteroatoms. The smallest absolute Gasteiger partial charge is 0.242 e. The van der Waals surface area contributed by atoms with Crippen LogP contribution in [0.2, 0.25) is 0 Å².